The molecule has 0 saturated heterocycles. The number of methoxy groups -OCH3 is 2. The maximum Gasteiger partial charge on any atom is 0.226 e. The van der Waals surface area contributed by atoms with Crippen molar-refractivity contribution in [2.45, 2.75) is 17.2 Å². The number of carbonyl (C=O) groups excluding carboxylic acids is 1. The minimum atomic E-state index is -0.0786. The number of amides is 1. The van der Waals surface area contributed by atoms with Crippen LogP contribution in [0.25, 0.3) is 5.69 Å². The van der Waals surface area contributed by atoms with Gasteiger partial charge in [-0.15, -0.1) is 11.8 Å². The molecule has 1 aliphatic rings. The number of rotatable bonds is 5. The first kappa shape index (κ1) is 18.4. The molecule has 3 aromatic rings. The number of hydrogen-bond donors (Lipinski definition) is 1. The molecular weight excluding hydrogens is 374 g/mol. The fraction of sp³-hybridized carbons (Fsp3) is 0.238. The summed E-state index contributed by atoms with van der Waals surface area (Å²) in [6.45, 7) is 0. The maximum absolute atomic E-state index is 12.5. The monoisotopic (exact) mass is 395 g/mol. The summed E-state index contributed by atoms with van der Waals surface area (Å²) in [6.07, 6.45) is 4.15. The number of imidazole rings is 1. The lowest BCUT2D eigenvalue weighted by molar-refractivity contribution is -0.116. The van der Waals surface area contributed by atoms with Crippen LogP contribution in [0.3, 0.4) is 0 Å². The summed E-state index contributed by atoms with van der Waals surface area (Å²) in [5, 5.41) is 2.98. The Balaban J connectivity index is 1.78. The minimum absolute atomic E-state index is 0.0272. The van der Waals surface area contributed by atoms with Crippen LogP contribution in [0.1, 0.15) is 23.6 Å². The van der Waals surface area contributed by atoms with Gasteiger partial charge in [0.05, 0.1) is 25.6 Å². The van der Waals surface area contributed by atoms with Gasteiger partial charge < -0.3 is 14.8 Å². The summed E-state index contributed by atoms with van der Waals surface area (Å²) in [6, 6.07) is 13.9. The molecule has 144 valence electrons. The summed E-state index contributed by atoms with van der Waals surface area (Å²) >= 11 is 1.70. The molecule has 1 atom stereocenters. The normalized spacial score (nSPS) is 15.7. The highest BCUT2D eigenvalue weighted by Gasteiger charge is 2.31. The first-order valence-electron chi connectivity index (χ1n) is 8.88. The molecule has 0 aliphatic carbocycles. The van der Waals surface area contributed by atoms with Crippen molar-refractivity contribution in [2.24, 2.45) is 0 Å². The van der Waals surface area contributed by atoms with E-state index >= 15 is 0 Å². The van der Waals surface area contributed by atoms with Crippen LogP contribution < -0.4 is 14.8 Å². The lowest BCUT2D eigenvalue weighted by atomic mass is 9.90. The van der Waals surface area contributed by atoms with Crippen LogP contribution in [0.5, 0.6) is 11.5 Å². The molecule has 1 aromatic heterocycles. The zero-order valence-electron chi connectivity index (χ0n) is 15.9. The first-order valence-corrected chi connectivity index (χ1v) is 10.1. The molecular formula is C21H21N3O3S. The van der Waals surface area contributed by atoms with Crippen molar-refractivity contribution < 1.29 is 14.3 Å². The Morgan fingerprint density at radius 2 is 1.93 bits per heavy atom. The van der Waals surface area contributed by atoms with Crippen LogP contribution in [-0.4, -0.2) is 35.9 Å². The van der Waals surface area contributed by atoms with E-state index in [2.05, 4.69) is 34.6 Å². The van der Waals surface area contributed by atoms with Gasteiger partial charge in [-0.05, 0) is 36.1 Å². The molecule has 7 heteroatoms. The summed E-state index contributed by atoms with van der Waals surface area (Å²) in [5.41, 5.74) is 2.73. The highest BCUT2D eigenvalue weighted by molar-refractivity contribution is 7.98. The average molecular weight is 395 g/mol. The second-order valence-corrected chi connectivity index (χ2v) is 7.34. The predicted octanol–water partition coefficient (Wildman–Crippen LogP) is 4.09. The van der Waals surface area contributed by atoms with E-state index in [0.717, 1.165) is 16.9 Å². The molecule has 1 N–H and O–H groups in total. The quantitative estimate of drug-likeness (QED) is 0.660. The fourth-order valence-electron chi connectivity index (χ4n) is 3.49. The zero-order valence-corrected chi connectivity index (χ0v) is 16.7. The highest BCUT2D eigenvalue weighted by Crippen LogP contribution is 2.39. The standard InChI is InChI=1S/C21H21N3O3S/c1-26-14-6-9-17(18(10-14)27-2)24-12-22-20-16(11-19(25)23-21(20)24)13-4-7-15(28-3)8-5-13/h4-10,12,16H,11H2,1-3H3,(H,23,25). The second kappa shape index (κ2) is 7.59. The van der Waals surface area contributed by atoms with Gasteiger partial charge in [-0.2, -0.15) is 0 Å². The molecule has 2 heterocycles. The molecule has 28 heavy (non-hydrogen) atoms. The molecule has 0 saturated carbocycles. The lowest BCUT2D eigenvalue weighted by Crippen LogP contribution is -2.25. The van der Waals surface area contributed by atoms with E-state index in [9.17, 15) is 4.79 Å². The lowest BCUT2D eigenvalue weighted by Gasteiger charge is -2.24. The van der Waals surface area contributed by atoms with Gasteiger partial charge in [0.25, 0.3) is 0 Å². The second-order valence-electron chi connectivity index (χ2n) is 6.46. The molecule has 2 aromatic carbocycles. The third-order valence-electron chi connectivity index (χ3n) is 4.94. The van der Waals surface area contributed by atoms with Crippen molar-refractivity contribution in [2.75, 3.05) is 25.8 Å². The number of aromatic nitrogens is 2. The third kappa shape index (κ3) is 3.22. The number of nitrogens with zero attached hydrogens (tertiary/aromatic N) is 2. The van der Waals surface area contributed by atoms with Crippen LogP contribution in [0.4, 0.5) is 5.82 Å². The summed E-state index contributed by atoms with van der Waals surface area (Å²) in [5.74, 6) is 1.91. The Hall–Kier alpha value is -2.93. The van der Waals surface area contributed by atoms with Gasteiger partial charge in [0.15, 0.2) is 0 Å². The van der Waals surface area contributed by atoms with Crippen LogP contribution in [0, 0.1) is 0 Å². The Kier molecular flexibility index (Phi) is 5.00. The summed E-state index contributed by atoms with van der Waals surface area (Å²) in [7, 11) is 3.22. The number of hydrogen-bond acceptors (Lipinski definition) is 5. The van der Waals surface area contributed by atoms with E-state index in [4.69, 9.17) is 9.47 Å². The molecule has 0 radical (unpaired) electrons. The number of carbonyl (C=O) groups is 1. The number of nitrogens with one attached hydrogen (secondary N) is 1. The molecule has 6 nitrogen and oxygen atoms in total. The van der Waals surface area contributed by atoms with Crippen LogP contribution >= 0.6 is 11.8 Å². The van der Waals surface area contributed by atoms with E-state index in [1.165, 1.54) is 4.90 Å². The predicted molar refractivity (Wildman–Crippen MR) is 110 cm³/mol. The van der Waals surface area contributed by atoms with E-state index in [1.54, 1.807) is 32.3 Å². The number of anilines is 1. The Morgan fingerprint density at radius 1 is 1.14 bits per heavy atom. The first-order chi connectivity index (χ1) is 13.6. The molecule has 1 unspecified atom stereocenters. The van der Waals surface area contributed by atoms with Crippen molar-refractivity contribution in [3.63, 3.8) is 0 Å². The van der Waals surface area contributed by atoms with Crippen molar-refractivity contribution in [1.29, 1.82) is 0 Å². The molecule has 1 amide bonds. The highest BCUT2D eigenvalue weighted by atomic mass is 32.2. The average Bonchev–Trinajstić information content (AvgIpc) is 3.16. The van der Waals surface area contributed by atoms with E-state index in [0.29, 0.717) is 23.7 Å². The molecule has 0 spiro atoms. The van der Waals surface area contributed by atoms with Crippen molar-refractivity contribution >= 4 is 23.5 Å². The molecule has 0 bridgehead atoms. The van der Waals surface area contributed by atoms with E-state index in [-0.39, 0.29) is 11.8 Å². The molecule has 0 fully saturated rings. The van der Waals surface area contributed by atoms with Gasteiger partial charge in [-0.1, -0.05) is 12.1 Å². The van der Waals surface area contributed by atoms with Crippen molar-refractivity contribution in [3.8, 4) is 17.2 Å². The number of thioether (sulfide) groups is 1. The van der Waals surface area contributed by atoms with Crippen molar-refractivity contribution in [1.82, 2.24) is 9.55 Å². The maximum atomic E-state index is 12.5. The van der Waals surface area contributed by atoms with Gasteiger partial charge in [0, 0.05) is 23.3 Å². The topological polar surface area (TPSA) is 65.4 Å². The largest absolute Gasteiger partial charge is 0.497 e. The van der Waals surface area contributed by atoms with E-state index in [1.807, 2.05) is 29.0 Å². The van der Waals surface area contributed by atoms with Gasteiger partial charge in [-0.25, -0.2) is 4.98 Å². The van der Waals surface area contributed by atoms with Gasteiger partial charge in [-0.3, -0.25) is 9.36 Å². The number of ether oxygens (including phenoxy) is 2. The Bertz CT molecular complexity index is 1010. The van der Waals surface area contributed by atoms with Crippen LogP contribution in [0.15, 0.2) is 53.7 Å². The van der Waals surface area contributed by atoms with Gasteiger partial charge in [0.2, 0.25) is 5.91 Å². The fourth-order valence-corrected chi connectivity index (χ4v) is 3.89. The van der Waals surface area contributed by atoms with Gasteiger partial charge >= 0.3 is 0 Å². The summed E-state index contributed by atoms with van der Waals surface area (Å²) < 4.78 is 12.7. The number of benzene rings is 2. The van der Waals surface area contributed by atoms with Crippen molar-refractivity contribution in [3.05, 3.63) is 60.0 Å². The SMILES string of the molecule is COc1ccc(-n2cnc3c2NC(=O)CC3c2ccc(SC)cc2)c(OC)c1. The van der Waals surface area contributed by atoms with Gasteiger partial charge in [0.1, 0.15) is 23.6 Å². The Morgan fingerprint density at radius 3 is 2.61 bits per heavy atom. The molecule has 1 aliphatic heterocycles. The van der Waals surface area contributed by atoms with Crippen LogP contribution in [0.2, 0.25) is 0 Å². The zero-order chi connectivity index (χ0) is 19.7. The van der Waals surface area contributed by atoms with Crippen LogP contribution in [-0.2, 0) is 4.79 Å². The molecule has 4 rings (SSSR count). The smallest absolute Gasteiger partial charge is 0.226 e. The Labute approximate surface area is 167 Å². The summed E-state index contributed by atoms with van der Waals surface area (Å²) in [4.78, 5) is 18.3. The minimum Gasteiger partial charge on any atom is -0.497 e. The van der Waals surface area contributed by atoms with E-state index < -0.39 is 0 Å². The third-order valence-corrected chi connectivity index (χ3v) is 5.68. The number of fused-ring (bicyclic) bond motifs is 1.